The first-order chi connectivity index (χ1) is 13.3. The highest BCUT2D eigenvalue weighted by Crippen LogP contribution is 2.32. The lowest BCUT2D eigenvalue weighted by Crippen LogP contribution is -2.39. The number of rotatable bonds is 5. The van der Waals surface area contributed by atoms with Crippen LogP contribution in [0.1, 0.15) is 36.7 Å². The maximum Gasteiger partial charge on any atom is 0.258 e. The molecule has 150 valence electrons. The summed E-state index contributed by atoms with van der Waals surface area (Å²) >= 11 is 6.20. The summed E-state index contributed by atoms with van der Waals surface area (Å²) in [5.41, 5.74) is 2.33. The van der Waals surface area contributed by atoms with E-state index in [4.69, 9.17) is 11.6 Å². The molecule has 1 aliphatic heterocycles. The summed E-state index contributed by atoms with van der Waals surface area (Å²) in [7, 11) is -3.76. The lowest BCUT2D eigenvalue weighted by Gasteiger charge is -2.33. The molecule has 1 atom stereocenters. The molecule has 5 nitrogen and oxygen atoms in total. The van der Waals surface area contributed by atoms with E-state index in [1.165, 1.54) is 16.4 Å². The van der Waals surface area contributed by atoms with Gasteiger partial charge < -0.3 is 4.90 Å². The van der Waals surface area contributed by atoms with Crippen LogP contribution in [0.15, 0.2) is 47.4 Å². The third kappa shape index (κ3) is 3.81. The standard InChI is InChI=1S/C21H25ClN2O3S/c1-4-23(5-2)28(26,27)20-13-17(10-11-18(20)22)21(25)24-14-15(3)12-16-8-6-7-9-19(16)24/h6-11,13,15H,4-5,12,14H2,1-3H3. The number of sulfonamides is 1. The minimum Gasteiger partial charge on any atom is -0.308 e. The molecule has 3 rings (SSSR count). The van der Waals surface area contributed by atoms with E-state index in [-0.39, 0.29) is 15.8 Å². The molecule has 0 N–H and O–H groups in total. The fourth-order valence-electron chi connectivity index (χ4n) is 3.68. The average molecular weight is 421 g/mol. The van der Waals surface area contributed by atoms with Crippen LogP contribution in [-0.4, -0.2) is 38.3 Å². The number of anilines is 1. The molecule has 0 fully saturated rings. The Labute approximate surface area is 172 Å². The molecule has 2 aromatic rings. The van der Waals surface area contributed by atoms with Gasteiger partial charge in [0.25, 0.3) is 5.91 Å². The van der Waals surface area contributed by atoms with Crippen molar-refractivity contribution in [2.75, 3.05) is 24.5 Å². The zero-order valence-electron chi connectivity index (χ0n) is 16.4. The van der Waals surface area contributed by atoms with Gasteiger partial charge in [-0.05, 0) is 42.2 Å². The molecule has 28 heavy (non-hydrogen) atoms. The van der Waals surface area contributed by atoms with Gasteiger partial charge in [0.1, 0.15) is 4.90 Å². The molecular weight excluding hydrogens is 396 g/mol. The lowest BCUT2D eigenvalue weighted by molar-refractivity contribution is 0.0981. The number of carbonyl (C=O) groups excluding carboxylic acids is 1. The Morgan fingerprint density at radius 3 is 2.54 bits per heavy atom. The van der Waals surface area contributed by atoms with Crippen LogP contribution < -0.4 is 4.90 Å². The minimum atomic E-state index is -3.76. The van der Waals surface area contributed by atoms with Crippen LogP contribution in [0.4, 0.5) is 5.69 Å². The first-order valence-electron chi connectivity index (χ1n) is 9.49. The van der Waals surface area contributed by atoms with Crippen LogP contribution in [0.2, 0.25) is 5.02 Å². The molecule has 0 aliphatic carbocycles. The number of para-hydroxylation sites is 1. The highest BCUT2D eigenvalue weighted by molar-refractivity contribution is 7.89. The van der Waals surface area contributed by atoms with Crippen molar-refractivity contribution in [3.8, 4) is 0 Å². The zero-order chi connectivity index (χ0) is 20.5. The first kappa shape index (κ1) is 20.8. The topological polar surface area (TPSA) is 57.7 Å². The van der Waals surface area contributed by atoms with Crippen LogP contribution in [0.3, 0.4) is 0 Å². The number of carbonyl (C=O) groups is 1. The van der Waals surface area contributed by atoms with Gasteiger partial charge in [-0.2, -0.15) is 4.31 Å². The van der Waals surface area contributed by atoms with Gasteiger partial charge in [0.2, 0.25) is 10.0 Å². The fourth-order valence-corrected chi connectivity index (χ4v) is 5.64. The zero-order valence-corrected chi connectivity index (χ0v) is 17.9. The molecule has 2 aromatic carbocycles. The largest absolute Gasteiger partial charge is 0.308 e. The number of amides is 1. The Morgan fingerprint density at radius 2 is 1.86 bits per heavy atom. The fraction of sp³-hybridized carbons (Fsp3) is 0.381. The second kappa shape index (κ2) is 8.23. The Kier molecular flexibility index (Phi) is 6.12. The third-order valence-corrected chi connectivity index (χ3v) is 7.62. The number of hydrogen-bond donors (Lipinski definition) is 0. The van der Waals surface area contributed by atoms with Gasteiger partial charge in [-0.25, -0.2) is 8.42 Å². The van der Waals surface area contributed by atoms with Crippen LogP contribution >= 0.6 is 11.6 Å². The second-order valence-electron chi connectivity index (χ2n) is 7.09. The molecule has 0 bridgehead atoms. The average Bonchev–Trinajstić information content (AvgIpc) is 2.67. The lowest BCUT2D eigenvalue weighted by atomic mass is 9.93. The second-order valence-corrected chi connectivity index (χ2v) is 9.40. The van der Waals surface area contributed by atoms with Crippen LogP contribution in [-0.2, 0) is 16.4 Å². The summed E-state index contributed by atoms with van der Waals surface area (Å²) in [4.78, 5) is 15.0. The molecule has 1 unspecified atom stereocenters. The van der Waals surface area contributed by atoms with Crippen molar-refractivity contribution in [2.45, 2.75) is 32.1 Å². The molecule has 1 amide bonds. The Hall–Kier alpha value is -1.89. The van der Waals surface area contributed by atoms with Crippen LogP contribution in [0.5, 0.6) is 0 Å². The summed E-state index contributed by atoms with van der Waals surface area (Å²) in [6.45, 7) is 6.92. The van der Waals surface area contributed by atoms with Crippen molar-refractivity contribution in [2.24, 2.45) is 5.92 Å². The Morgan fingerprint density at radius 1 is 1.18 bits per heavy atom. The molecule has 0 saturated heterocycles. The molecule has 0 aromatic heterocycles. The normalized spacial score (nSPS) is 16.9. The van der Waals surface area contributed by atoms with Crippen molar-refractivity contribution in [1.29, 1.82) is 0 Å². The molecule has 0 spiro atoms. The van der Waals surface area contributed by atoms with Gasteiger partial charge in [0.05, 0.1) is 5.02 Å². The molecular formula is C21H25ClN2O3S. The van der Waals surface area contributed by atoms with E-state index in [0.717, 1.165) is 17.7 Å². The van der Waals surface area contributed by atoms with E-state index in [9.17, 15) is 13.2 Å². The number of hydrogen-bond acceptors (Lipinski definition) is 3. The van der Waals surface area contributed by atoms with E-state index < -0.39 is 10.0 Å². The number of benzene rings is 2. The van der Waals surface area contributed by atoms with Gasteiger partial charge in [0.15, 0.2) is 0 Å². The molecule has 0 radical (unpaired) electrons. The monoisotopic (exact) mass is 420 g/mol. The van der Waals surface area contributed by atoms with Crippen molar-refractivity contribution < 1.29 is 13.2 Å². The summed E-state index contributed by atoms with van der Waals surface area (Å²) in [5, 5.41) is 0.121. The number of halogens is 1. The van der Waals surface area contributed by atoms with E-state index >= 15 is 0 Å². The predicted octanol–water partition coefficient (Wildman–Crippen LogP) is 4.21. The van der Waals surface area contributed by atoms with Crippen LogP contribution in [0.25, 0.3) is 0 Å². The predicted molar refractivity (Wildman–Crippen MR) is 113 cm³/mol. The number of nitrogens with zero attached hydrogens (tertiary/aromatic N) is 2. The maximum absolute atomic E-state index is 13.3. The van der Waals surface area contributed by atoms with Crippen molar-refractivity contribution in [3.05, 3.63) is 58.6 Å². The van der Waals surface area contributed by atoms with Gasteiger partial charge in [-0.1, -0.05) is 50.6 Å². The molecule has 7 heteroatoms. The Bertz CT molecular complexity index is 987. The summed E-state index contributed by atoms with van der Waals surface area (Å²) in [6, 6.07) is 12.3. The first-order valence-corrected chi connectivity index (χ1v) is 11.3. The summed E-state index contributed by atoms with van der Waals surface area (Å²) < 4.78 is 27.2. The van der Waals surface area contributed by atoms with Gasteiger partial charge in [-0.3, -0.25) is 4.79 Å². The van der Waals surface area contributed by atoms with E-state index in [1.54, 1.807) is 24.8 Å². The smallest absolute Gasteiger partial charge is 0.258 e. The minimum absolute atomic E-state index is 0.0259. The molecule has 0 saturated carbocycles. The van der Waals surface area contributed by atoms with Gasteiger partial charge in [-0.15, -0.1) is 0 Å². The Balaban J connectivity index is 2.03. The van der Waals surface area contributed by atoms with Crippen LogP contribution in [0, 0.1) is 5.92 Å². The number of fused-ring (bicyclic) bond motifs is 1. The molecule has 1 aliphatic rings. The SMILES string of the molecule is CCN(CC)S(=O)(=O)c1cc(C(=O)N2CC(C)Cc3ccccc32)ccc1Cl. The molecule has 1 heterocycles. The van der Waals surface area contributed by atoms with Crippen molar-refractivity contribution >= 4 is 33.2 Å². The van der Waals surface area contributed by atoms with E-state index in [0.29, 0.717) is 31.1 Å². The van der Waals surface area contributed by atoms with Crippen molar-refractivity contribution in [3.63, 3.8) is 0 Å². The van der Waals surface area contributed by atoms with Gasteiger partial charge >= 0.3 is 0 Å². The summed E-state index contributed by atoms with van der Waals surface area (Å²) in [5.74, 6) is 0.108. The quantitative estimate of drug-likeness (QED) is 0.728. The third-order valence-electron chi connectivity index (χ3n) is 5.09. The van der Waals surface area contributed by atoms with Gasteiger partial charge in [0, 0.05) is 30.9 Å². The highest BCUT2D eigenvalue weighted by Gasteiger charge is 2.29. The van der Waals surface area contributed by atoms with E-state index in [2.05, 4.69) is 6.92 Å². The maximum atomic E-state index is 13.3. The van der Waals surface area contributed by atoms with E-state index in [1.807, 2.05) is 24.3 Å². The summed E-state index contributed by atoms with van der Waals surface area (Å²) in [6.07, 6.45) is 0.919. The highest BCUT2D eigenvalue weighted by atomic mass is 35.5. The van der Waals surface area contributed by atoms with Crippen molar-refractivity contribution in [1.82, 2.24) is 4.31 Å².